The van der Waals surface area contributed by atoms with Crippen LogP contribution in [-0.4, -0.2) is 54.6 Å². The summed E-state index contributed by atoms with van der Waals surface area (Å²) < 4.78 is 4.99. The smallest absolute Gasteiger partial charge is 0.324 e. The molecule has 9 nitrogen and oxygen atoms in total. The van der Waals surface area contributed by atoms with Gasteiger partial charge in [-0.25, -0.2) is 9.59 Å². The molecule has 0 aromatic heterocycles. The molecule has 25 heavy (non-hydrogen) atoms. The van der Waals surface area contributed by atoms with E-state index in [1.807, 2.05) is 6.07 Å². The number of hydrogen-bond donors (Lipinski definition) is 3. The van der Waals surface area contributed by atoms with Crippen LogP contribution < -0.4 is 16.0 Å². The van der Waals surface area contributed by atoms with Crippen molar-refractivity contribution in [2.75, 3.05) is 25.0 Å². The van der Waals surface area contributed by atoms with E-state index in [0.29, 0.717) is 12.2 Å². The van der Waals surface area contributed by atoms with Crippen molar-refractivity contribution in [3.8, 4) is 0 Å². The van der Waals surface area contributed by atoms with Crippen LogP contribution in [0.1, 0.15) is 13.3 Å². The van der Waals surface area contributed by atoms with E-state index in [-0.39, 0.29) is 19.5 Å². The molecule has 5 amide bonds. The molecule has 0 radical (unpaired) electrons. The summed E-state index contributed by atoms with van der Waals surface area (Å²) in [5, 5.41) is 7.62. The largest absolute Gasteiger partial charge is 0.452 e. The molecule has 1 heterocycles. The van der Waals surface area contributed by atoms with Crippen LogP contribution in [0, 0.1) is 0 Å². The number of ether oxygens (including phenoxy) is 1. The number of carbonyl (C=O) groups is 4. The van der Waals surface area contributed by atoms with Crippen molar-refractivity contribution in [2.45, 2.75) is 19.4 Å². The number of esters is 1. The number of nitrogens with zero attached hydrogens (tertiary/aromatic N) is 1. The van der Waals surface area contributed by atoms with Gasteiger partial charge in [0.2, 0.25) is 0 Å². The second kappa shape index (κ2) is 8.67. The van der Waals surface area contributed by atoms with Gasteiger partial charge < -0.3 is 20.7 Å². The first-order valence-electron chi connectivity index (χ1n) is 7.86. The van der Waals surface area contributed by atoms with Gasteiger partial charge in [0, 0.05) is 25.3 Å². The second-order valence-electron chi connectivity index (χ2n) is 5.35. The van der Waals surface area contributed by atoms with Gasteiger partial charge >= 0.3 is 18.0 Å². The molecule has 134 valence electrons. The van der Waals surface area contributed by atoms with E-state index in [4.69, 9.17) is 4.74 Å². The number of anilines is 1. The molecule has 1 saturated heterocycles. The topological polar surface area (TPSA) is 117 Å². The van der Waals surface area contributed by atoms with E-state index < -0.39 is 30.0 Å². The van der Waals surface area contributed by atoms with E-state index in [1.54, 1.807) is 24.3 Å². The minimum absolute atomic E-state index is 0.0581. The van der Waals surface area contributed by atoms with Gasteiger partial charge in [-0.1, -0.05) is 18.2 Å². The van der Waals surface area contributed by atoms with E-state index in [9.17, 15) is 19.2 Å². The number of rotatable bonds is 6. The lowest BCUT2D eigenvalue weighted by atomic mass is 10.3. The molecule has 3 N–H and O–H groups in total. The third-order valence-corrected chi connectivity index (χ3v) is 3.43. The first-order valence-corrected chi connectivity index (χ1v) is 7.86. The highest BCUT2D eigenvalue weighted by Gasteiger charge is 2.31. The standard InChI is InChI=1S/C16H20N4O5/c1-11(14(22)20-10-9-18-16(20)24)25-13(21)7-8-17-15(23)19-12-5-3-2-4-6-12/h2-6,11H,7-10H2,1H3,(H,18,24)(H2,17,19,23)/t11-/m0/s1. The lowest BCUT2D eigenvalue weighted by Crippen LogP contribution is -2.42. The Balaban J connectivity index is 1.67. The van der Waals surface area contributed by atoms with Gasteiger partial charge in [0.15, 0.2) is 6.10 Å². The van der Waals surface area contributed by atoms with Crippen molar-refractivity contribution in [3.05, 3.63) is 30.3 Å². The average molecular weight is 348 g/mol. The summed E-state index contributed by atoms with van der Waals surface area (Å²) >= 11 is 0. The molecule has 2 rings (SSSR count). The van der Waals surface area contributed by atoms with E-state index in [0.717, 1.165) is 4.90 Å². The Labute approximate surface area is 144 Å². The van der Waals surface area contributed by atoms with Gasteiger partial charge in [0.1, 0.15) is 0 Å². The molecule has 1 aromatic carbocycles. The van der Waals surface area contributed by atoms with Crippen molar-refractivity contribution in [1.29, 1.82) is 0 Å². The lowest BCUT2D eigenvalue weighted by molar-refractivity contribution is -0.157. The molecular weight excluding hydrogens is 328 g/mol. The molecule has 0 unspecified atom stereocenters. The molecule has 1 fully saturated rings. The molecule has 0 bridgehead atoms. The Bertz CT molecular complexity index is 649. The van der Waals surface area contributed by atoms with Crippen LogP contribution in [0.4, 0.5) is 15.3 Å². The first-order chi connectivity index (χ1) is 12.0. The number of imide groups is 1. The number of nitrogens with one attached hydrogen (secondary N) is 3. The van der Waals surface area contributed by atoms with Crippen LogP contribution in [0.25, 0.3) is 0 Å². The third kappa shape index (κ3) is 5.48. The Hall–Kier alpha value is -3.10. The maximum absolute atomic E-state index is 12.0. The van der Waals surface area contributed by atoms with Crippen LogP contribution >= 0.6 is 0 Å². The Kier molecular flexibility index (Phi) is 6.33. The van der Waals surface area contributed by atoms with Crippen molar-refractivity contribution in [3.63, 3.8) is 0 Å². The van der Waals surface area contributed by atoms with Gasteiger partial charge in [0.25, 0.3) is 5.91 Å². The minimum Gasteiger partial charge on any atom is -0.452 e. The number of hydrogen-bond acceptors (Lipinski definition) is 5. The minimum atomic E-state index is -1.06. The second-order valence-corrected chi connectivity index (χ2v) is 5.35. The van der Waals surface area contributed by atoms with Crippen molar-refractivity contribution in [2.24, 2.45) is 0 Å². The Morgan fingerprint density at radius 2 is 2.00 bits per heavy atom. The molecule has 1 atom stereocenters. The highest BCUT2D eigenvalue weighted by Crippen LogP contribution is 2.06. The molecule has 0 aliphatic carbocycles. The van der Waals surface area contributed by atoms with Crippen molar-refractivity contribution in [1.82, 2.24) is 15.5 Å². The van der Waals surface area contributed by atoms with E-state index in [1.165, 1.54) is 6.92 Å². The van der Waals surface area contributed by atoms with Crippen LogP contribution in [0.2, 0.25) is 0 Å². The first kappa shape index (κ1) is 18.2. The van der Waals surface area contributed by atoms with Crippen LogP contribution in [-0.2, 0) is 14.3 Å². The fraction of sp³-hybridized carbons (Fsp3) is 0.375. The summed E-state index contributed by atoms with van der Waals surface area (Å²) in [5.74, 6) is -1.21. The summed E-state index contributed by atoms with van der Waals surface area (Å²) in [4.78, 5) is 47.8. The quantitative estimate of drug-likeness (QED) is 0.654. The predicted molar refractivity (Wildman–Crippen MR) is 88.7 cm³/mol. The summed E-state index contributed by atoms with van der Waals surface area (Å²) in [6.45, 7) is 2.09. The molecule has 0 saturated carbocycles. The molecule has 1 aliphatic rings. The summed E-state index contributed by atoms with van der Waals surface area (Å²) in [6.07, 6.45) is -1.15. The van der Waals surface area contributed by atoms with Crippen LogP contribution in [0.5, 0.6) is 0 Å². The van der Waals surface area contributed by atoms with Crippen LogP contribution in [0.15, 0.2) is 30.3 Å². The Morgan fingerprint density at radius 1 is 1.28 bits per heavy atom. The number of urea groups is 2. The normalized spacial score (nSPS) is 14.4. The SMILES string of the molecule is C[C@H](OC(=O)CCNC(=O)Nc1ccccc1)C(=O)N1CCNC1=O. The number of carbonyl (C=O) groups excluding carboxylic acids is 4. The third-order valence-electron chi connectivity index (χ3n) is 3.43. The van der Waals surface area contributed by atoms with Gasteiger partial charge in [-0.2, -0.15) is 0 Å². The highest BCUT2D eigenvalue weighted by molar-refractivity contribution is 5.98. The van der Waals surface area contributed by atoms with Crippen LogP contribution in [0.3, 0.4) is 0 Å². The number of benzene rings is 1. The number of para-hydroxylation sites is 1. The number of amides is 5. The highest BCUT2D eigenvalue weighted by atomic mass is 16.5. The molecule has 9 heteroatoms. The summed E-state index contributed by atoms with van der Waals surface area (Å²) in [7, 11) is 0. The molecule has 0 spiro atoms. The van der Waals surface area contributed by atoms with E-state index >= 15 is 0 Å². The fourth-order valence-corrected chi connectivity index (χ4v) is 2.18. The zero-order chi connectivity index (χ0) is 18.2. The zero-order valence-electron chi connectivity index (χ0n) is 13.8. The van der Waals surface area contributed by atoms with Gasteiger partial charge in [-0.15, -0.1) is 0 Å². The summed E-state index contributed by atoms with van der Waals surface area (Å²) in [5.41, 5.74) is 0.630. The maximum atomic E-state index is 12.0. The fourth-order valence-electron chi connectivity index (χ4n) is 2.18. The molecular formula is C16H20N4O5. The lowest BCUT2D eigenvalue weighted by Gasteiger charge is -2.18. The molecule has 1 aliphatic heterocycles. The monoisotopic (exact) mass is 348 g/mol. The summed E-state index contributed by atoms with van der Waals surface area (Å²) in [6, 6.07) is 7.92. The van der Waals surface area contributed by atoms with Crippen molar-refractivity contribution >= 4 is 29.6 Å². The average Bonchev–Trinajstić information content (AvgIpc) is 3.01. The Morgan fingerprint density at radius 3 is 2.64 bits per heavy atom. The molecule has 1 aromatic rings. The van der Waals surface area contributed by atoms with E-state index in [2.05, 4.69) is 16.0 Å². The maximum Gasteiger partial charge on any atom is 0.324 e. The van der Waals surface area contributed by atoms with Gasteiger partial charge in [0.05, 0.1) is 6.42 Å². The van der Waals surface area contributed by atoms with Gasteiger partial charge in [-0.05, 0) is 19.1 Å². The zero-order valence-corrected chi connectivity index (χ0v) is 13.8. The van der Waals surface area contributed by atoms with Crippen molar-refractivity contribution < 1.29 is 23.9 Å². The predicted octanol–water partition coefficient (Wildman–Crippen LogP) is 0.682. The van der Waals surface area contributed by atoms with Gasteiger partial charge in [-0.3, -0.25) is 14.5 Å².